The summed E-state index contributed by atoms with van der Waals surface area (Å²) in [7, 11) is 0. The number of aryl methyl sites for hydroxylation is 1. The minimum atomic E-state index is 0.166. The molecule has 0 spiro atoms. The van der Waals surface area contributed by atoms with Gasteiger partial charge in [0.05, 0.1) is 12.2 Å². The van der Waals surface area contributed by atoms with Gasteiger partial charge < -0.3 is 10.6 Å². The molecule has 4 rings (SSSR count). The van der Waals surface area contributed by atoms with Crippen LogP contribution in [0.5, 0.6) is 0 Å². The number of aromatic nitrogens is 4. The molecule has 0 bridgehead atoms. The van der Waals surface area contributed by atoms with E-state index in [0.29, 0.717) is 37.5 Å². The number of benzene rings is 1. The Morgan fingerprint density at radius 2 is 2.14 bits per heavy atom. The van der Waals surface area contributed by atoms with Crippen molar-refractivity contribution in [2.45, 2.75) is 31.7 Å². The Labute approximate surface area is 168 Å². The van der Waals surface area contributed by atoms with E-state index in [1.54, 1.807) is 12.4 Å². The lowest BCUT2D eigenvalue weighted by molar-refractivity contribution is -0.130. The fraction of sp³-hybridized carbons (Fsp3) is 0.400. The molecule has 0 aliphatic carbocycles. The highest BCUT2D eigenvalue weighted by Crippen LogP contribution is 2.30. The van der Waals surface area contributed by atoms with Crippen LogP contribution in [0.15, 0.2) is 36.7 Å². The number of hydrogen-bond acceptors (Lipinski definition) is 5. The third-order valence-corrected chi connectivity index (χ3v) is 5.41. The Hall–Kier alpha value is -2.51. The third kappa shape index (κ3) is 3.86. The topological polar surface area (TPSA) is 89.9 Å². The number of nitrogens with zero attached hydrogens (tertiary/aromatic N) is 5. The smallest absolute Gasteiger partial charge is 0.222 e. The van der Waals surface area contributed by atoms with Crippen molar-refractivity contribution in [3.05, 3.63) is 52.9 Å². The summed E-state index contributed by atoms with van der Waals surface area (Å²) in [6.45, 7) is 2.50. The summed E-state index contributed by atoms with van der Waals surface area (Å²) in [5.41, 5.74) is 9.27. The monoisotopic (exact) mass is 398 g/mol. The number of carbonyl (C=O) groups is 1. The van der Waals surface area contributed by atoms with Crippen LogP contribution in [0, 0.1) is 0 Å². The number of likely N-dealkylation sites (tertiary alicyclic amines) is 1. The van der Waals surface area contributed by atoms with Crippen molar-refractivity contribution < 1.29 is 4.79 Å². The van der Waals surface area contributed by atoms with Gasteiger partial charge in [0, 0.05) is 49.4 Å². The summed E-state index contributed by atoms with van der Waals surface area (Å²) in [5, 5.41) is 5.42. The summed E-state index contributed by atoms with van der Waals surface area (Å²) >= 11 is 6.02. The van der Waals surface area contributed by atoms with Gasteiger partial charge in [-0.25, -0.2) is 14.6 Å². The SMILES string of the molecule is NCCn1nc([C@H]2CCN(C(=O)CCc3cccc(Cl)c3)C2)c2nccnc21. The second-order valence-corrected chi connectivity index (χ2v) is 7.52. The van der Waals surface area contributed by atoms with Gasteiger partial charge in [-0.1, -0.05) is 23.7 Å². The minimum absolute atomic E-state index is 0.166. The van der Waals surface area contributed by atoms with E-state index in [9.17, 15) is 4.79 Å². The Bertz CT molecular complexity index is 988. The van der Waals surface area contributed by atoms with E-state index in [0.717, 1.165) is 35.4 Å². The summed E-state index contributed by atoms with van der Waals surface area (Å²) < 4.78 is 1.82. The van der Waals surface area contributed by atoms with Gasteiger partial charge in [-0.2, -0.15) is 5.10 Å². The molecule has 2 aromatic heterocycles. The average Bonchev–Trinajstić information content (AvgIpc) is 3.32. The molecule has 1 saturated heterocycles. The van der Waals surface area contributed by atoms with Gasteiger partial charge in [0.25, 0.3) is 0 Å². The van der Waals surface area contributed by atoms with Crippen LogP contribution in [0.25, 0.3) is 11.2 Å². The first-order chi connectivity index (χ1) is 13.7. The molecular formula is C20H23ClN6O. The van der Waals surface area contributed by atoms with E-state index in [1.807, 2.05) is 33.8 Å². The van der Waals surface area contributed by atoms with Gasteiger partial charge in [0.15, 0.2) is 5.65 Å². The lowest BCUT2D eigenvalue weighted by atomic mass is 10.0. The molecular weight excluding hydrogens is 376 g/mol. The number of carbonyl (C=O) groups excluding carboxylic acids is 1. The quantitative estimate of drug-likeness (QED) is 0.688. The van der Waals surface area contributed by atoms with Crippen molar-refractivity contribution in [3.8, 4) is 0 Å². The molecule has 146 valence electrons. The Balaban J connectivity index is 1.44. The molecule has 0 unspecified atom stereocenters. The first-order valence-electron chi connectivity index (χ1n) is 9.55. The fourth-order valence-electron chi connectivity index (χ4n) is 3.79. The van der Waals surface area contributed by atoms with Crippen molar-refractivity contribution >= 4 is 28.7 Å². The van der Waals surface area contributed by atoms with E-state index in [4.69, 9.17) is 22.4 Å². The molecule has 2 N–H and O–H groups in total. The summed E-state index contributed by atoms with van der Waals surface area (Å²) in [5.74, 6) is 0.340. The van der Waals surface area contributed by atoms with Gasteiger partial charge in [-0.3, -0.25) is 4.79 Å². The zero-order valence-corrected chi connectivity index (χ0v) is 16.3. The predicted molar refractivity (Wildman–Crippen MR) is 108 cm³/mol. The normalized spacial score (nSPS) is 16.8. The summed E-state index contributed by atoms with van der Waals surface area (Å²) in [4.78, 5) is 23.5. The lowest BCUT2D eigenvalue weighted by Gasteiger charge is -2.16. The maximum atomic E-state index is 12.7. The number of rotatable bonds is 6. The molecule has 8 heteroatoms. The van der Waals surface area contributed by atoms with Crippen LogP contribution >= 0.6 is 11.6 Å². The summed E-state index contributed by atoms with van der Waals surface area (Å²) in [6, 6.07) is 7.67. The number of halogens is 1. The highest BCUT2D eigenvalue weighted by molar-refractivity contribution is 6.30. The highest BCUT2D eigenvalue weighted by atomic mass is 35.5. The highest BCUT2D eigenvalue weighted by Gasteiger charge is 2.31. The lowest BCUT2D eigenvalue weighted by Crippen LogP contribution is -2.28. The second kappa shape index (κ2) is 8.24. The molecule has 3 heterocycles. The Morgan fingerprint density at radius 3 is 2.96 bits per heavy atom. The van der Waals surface area contributed by atoms with Crippen LogP contribution in [0.2, 0.25) is 5.02 Å². The Kier molecular flexibility index (Phi) is 5.54. The largest absolute Gasteiger partial charge is 0.342 e. The molecule has 1 amide bonds. The molecule has 3 aromatic rings. The molecule has 7 nitrogen and oxygen atoms in total. The molecule has 1 aliphatic heterocycles. The van der Waals surface area contributed by atoms with Gasteiger partial charge in [-0.15, -0.1) is 0 Å². The van der Waals surface area contributed by atoms with E-state index >= 15 is 0 Å². The zero-order chi connectivity index (χ0) is 19.5. The van der Waals surface area contributed by atoms with E-state index < -0.39 is 0 Å². The van der Waals surface area contributed by atoms with E-state index in [2.05, 4.69) is 9.97 Å². The van der Waals surface area contributed by atoms with Gasteiger partial charge >= 0.3 is 0 Å². The van der Waals surface area contributed by atoms with E-state index in [1.165, 1.54) is 0 Å². The molecule has 1 fully saturated rings. The molecule has 1 atom stereocenters. The number of fused-ring (bicyclic) bond motifs is 1. The van der Waals surface area contributed by atoms with Crippen LogP contribution in [-0.4, -0.2) is 50.2 Å². The van der Waals surface area contributed by atoms with Crippen LogP contribution in [0.4, 0.5) is 0 Å². The number of nitrogens with two attached hydrogens (primary N) is 1. The maximum Gasteiger partial charge on any atom is 0.222 e. The Morgan fingerprint density at radius 1 is 1.29 bits per heavy atom. The average molecular weight is 399 g/mol. The molecule has 28 heavy (non-hydrogen) atoms. The third-order valence-electron chi connectivity index (χ3n) is 5.18. The molecule has 0 radical (unpaired) electrons. The van der Waals surface area contributed by atoms with Crippen LogP contribution < -0.4 is 5.73 Å². The van der Waals surface area contributed by atoms with Crippen molar-refractivity contribution in [1.29, 1.82) is 0 Å². The maximum absolute atomic E-state index is 12.7. The van der Waals surface area contributed by atoms with Gasteiger partial charge in [0.1, 0.15) is 5.52 Å². The number of hydrogen-bond donors (Lipinski definition) is 1. The van der Waals surface area contributed by atoms with Gasteiger partial charge in [-0.05, 0) is 30.5 Å². The van der Waals surface area contributed by atoms with Crippen molar-refractivity contribution in [1.82, 2.24) is 24.6 Å². The number of amides is 1. The molecule has 1 aliphatic rings. The minimum Gasteiger partial charge on any atom is -0.342 e. The predicted octanol–water partition coefficient (Wildman–Crippen LogP) is 2.39. The van der Waals surface area contributed by atoms with Crippen molar-refractivity contribution in [2.75, 3.05) is 19.6 Å². The first-order valence-corrected chi connectivity index (χ1v) is 9.93. The molecule has 0 saturated carbocycles. The first kappa shape index (κ1) is 18.8. The van der Waals surface area contributed by atoms with Crippen LogP contribution in [0.1, 0.15) is 30.0 Å². The standard InChI is InChI=1S/C20H23ClN6O/c21-16-3-1-2-14(12-16)4-5-17(28)26-10-6-15(13-26)18-19-20(24-9-8-23-19)27(25-18)11-7-22/h1-3,8-9,12,15H,4-7,10-11,13,22H2/t15-/m0/s1. The molecule has 1 aromatic carbocycles. The van der Waals surface area contributed by atoms with Crippen LogP contribution in [0.3, 0.4) is 0 Å². The van der Waals surface area contributed by atoms with Gasteiger partial charge in [0.2, 0.25) is 5.91 Å². The van der Waals surface area contributed by atoms with Crippen molar-refractivity contribution in [2.24, 2.45) is 5.73 Å². The second-order valence-electron chi connectivity index (χ2n) is 7.08. The van der Waals surface area contributed by atoms with Crippen LogP contribution in [-0.2, 0) is 17.8 Å². The van der Waals surface area contributed by atoms with Crippen molar-refractivity contribution in [3.63, 3.8) is 0 Å². The fourth-order valence-corrected chi connectivity index (χ4v) is 4.00. The van der Waals surface area contributed by atoms with E-state index in [-0.39, 0.29) is 11.8 Å². The zero-order valence-electron chi connectivity index (χ0n) is 15.6. The summed E-state index contributed by atoms with van der Waals surface area (Å²) in [6.07, 6.45) is 5.41.